The highest BCUT2D eigenvalue weighted by molar-refractivity contribution is 5.95. The van der Waals surface area contributed by atoms with E-state index in [1.165, 1.54) is 4.90 Å². The number of rotatable bonds is 4. The molecule has 7 heteroatoms. The van der Waals surface area contributed by atoms with Gasteiger partial charge < -0.3 is 24.0 Å². The molecule has 3 heterocycles. The number of benzene rings is 1. The zero-order valence-corrected chi connectivity index (χ0v) is 14.4. The molecule has 0 N–H and O–H groups in total. The minimum Gasteiger partial charge on any atom is -0.497 e. The molecule has 3 aliphatic rings. The summed E-state index contributed by atoms with van der Waals surface area (Å²) in [5, 5.41) is 0. The van der Waals surface area contributed by atoms with Gasteiger partial charge in [-0.3, -0.25) is 9.59 Å². The number of hydrogen-bond donors (Lipinski definition) is 0. The second kappa shape index (κ2) is 7.57. The molecular formula is C18H22N2O5. The molecule has 1 aromatic rings. The van der Waals surface area contributed by atoms with E-state index in [9.17, 15) is 9.59 Å². The summed E-state index contributed by atoms with van der Waals surface area (Å²) in [6, 6.07) is 4.85. The summed E-state index contributed by atoms with van der Waals surface area (Å²) >= 11 is 0. The van der Waals surface area contributed by atoms with Crippen LogP contribution in [0.15, 0.2) is 30.4 Å². The van der Waals surface area contributed by atoms with Crippen molar-refractivity contribution in [3.05, 3.63) is 35.9 Å². The highest BCUT2D eigenvalue weighted by atomic mass is 16.5. The van der Waals surface area contributed by atoms with Crippen molar-refractivity contribution < 1.29 is 23.8 Å². The van der Waals surface area contributed by atoms with Crippen molar-refractivity contribution >= 4 is 11.8 Å². The van der Waals surface area contributed by atoms with Gasteiger partial charge in [-0.05, 0) is 11.6 Å². The quantitative estimate of drug-likeness (QED) is 0.756. The Bertz CT molecular complexity index is 688. The van der Waals surface area contributed by atoms with E-state index in [2.05, 4.69) is 0 Å². The summed E-state index contributed by atoms with van der Waals surface area (Å²) < 4.78 is 16.1. The van der Waals surface area contributed by atoms with Crippen LogP contribution in [0.1, 0.15) is 5.56 Å². The zero-order valence-electron chi connectivity index (χ0n) is 14.4. The molecular weight excluding hydrogens is 324 g/mol. The van der Waals surface area contributed by atoms with E-state index in [4.69, 9.17) is 14.2 Å². The number of methoxy groups -OCH3 is 2. The normalized spacial score (nSPS) is 22.1. The minimum atomic E-state index is -0.602. The van der Waals surface area contributed by atoms with Gasteiger partial charge in [0, 0.05) is 19.0 Å². The Labute approximate surface area is 146 Å². The van der Waals surface area contributed by atoms with Gasteiger partial charge in [0.05, 0.1) is 20.8 Å². The van der Waals surface area contributed by atoms with Gasteiger partial charge >= 0.3 is 0 Å². The van der Waals surface area contributed by atoms with Crippen LogP contribution in [-0.4, -0.2) is 68.3 Å². The molecule has 0 spiro atoms. The van der Waals surface area contributed by atoms with E-state index < -0.39 is 6.04 Å². The van der Waals surface area contributed by atoms with Gasteiger partial charge in [0.1, 0.15) is 30.8 Å². The number of amides is 2. The van der Waals surface area contributed by atoms with Crippen LogP contribution in [0, 0.1) is 0 Å². The Balaban J connectivity index is 1.90. The maximum atomic E-state index is 12.9. The van der Waals surface area contributed by atoms with Crippen molar-refractivity contribution in [2.45, 2.75) is 12.5 Å². The fourth-order valence-electron chi connectivity index (χ4n) is 3.08. The lowest BCUT2D eigenvalue weighted by Gasteiger charge is -2.40. The van der Waals surface area contributed by atoms with Gasteiger partial charge in [0.15, 0.2) is 0 Å². The average Bonchev–Trinajstić information content (AvgIpc) is 2.63. The molecule has 0 radical (unpaired) electrons. The number of ether oxygens (including phenoxy) is 3. The summed E-state index contributed by atoms with van der Waals surface area (Å²) in [7, 11) is 3.16. The lowest BCUT2D eigenvalue weighted by molar-refractivity contribution is -0.161. The van der Waals surface area contributed by atoms with Crippen molar-refractivity contribution in [1.82, 2.24) is 9.80 Å². The van der Waals surface area contributed by atoms with E-state index in [-0.39, 0.29) is 25.1 Å². The summed E-state index contributed by atoms with van der Waals surface area (Å²) in [5.41, 5.74) is 0.842. The minimum absolute atomic E-state index is 0.0763. The number of piperazine rings is 1. The van der Waals surface area contributed by atoms with Crippen molar-refractivity contribution in [1.29, 1.82) is 0 Å². The average molecular weight is 346 g/mol. The monoisotopic (exact) mass is 346 g/mol. The molecule has 0 aromatic heterocycles. The second-order valence-electron chi connectivity index (χ2n) is 5.95. The maximum absolute atomic E-state index is 12.9. The van der Waals surface area contributed by atoms with Gasteiger partial charge in [-0.15, -0.1) is 0 Å². The predicted octanol–water partition coefficient (Wildman–Crippen LogP) is 0.830. The summed E-state index contributed by atoms with van der Waals surface area (Å²) in [6.07, 6.45) is 4.08. The lowest BCUT2D eigenvalue weighted by atomic mass is 10.00. The van der Waals surface area contributed by atoms with Gasteiger partial charge in [0.25, 0.3) is 0 Å². The van der Waals surface area contributed by atoms with Crippen LogP contribution in [0.3, 0.4) is 0 Å². The highest BCUT2D eigenvalue weighted by Crippen LogP contribution is 2.28. The lowest BCUT2D eigenvalue weighted by Crippen LogP contribution is -2.61. The smallest absolute Gasteiger partial charge is 0.246 e. The number of hydrogen-bond acceptors (Lipinski definition) is 5. The molecule has 1 atom stereocenters. The molecule has 1 unspecified atom stereocenters. The summed E-state index contributed by atoms with van der Waals surface area (Å²) in [5.74, 6) is 1.12. The van der Waals surface area contributed by atoms with Crippen molar-refractivity contribution in [3.8, 4) is 11.5 Å². The number of carbonyl (C=O) groups is 2. The van der Waals surface area contributed by atoms with Crippen LogP contribution in [0.25, 0.3) is 0 Å². The third-order valence-electron chi connectivity index (χ3n) is 4.46. The molecule has 4 rings (SSSR count). The van der Waals surface area contributed by atoms with Crippen molar-refractivity contribution in [3.63, 3.8) is 0 Å². The fourth-order valence-corrected chi connectivity index (χ4v) is 3.08. The van der Waals surface area contributed by atoms with Crippen molar-refractivity contribution in [2.75, 3.05) is 40.6 Å². The second-order valence-corrected chi connectivity index (χ2v) is 5.95. The van der Waals surface area contributed by atoms with Gasteiger partial charge in [-0.25, -0.2) is 0 Å². The highest BCUT2D eigenvalue weighted by Gasteiger charge is 2.39. The molecule has 1 fully saturated rings. The molecule has 1 saturated heterocycles. The first kappa shape index (κ1) is 17.3. The van der Waals surface area contributed by atoms with E-state index in [0.717, 1.165) is 5.56 Å². The molecule has 7 nitrogen and oxygen atoms in total. The van der Waals surface area contributed by atoms with Crippen LogP contribution in [0.4, 0.5) is 0 Å². The molecule has 1 aromatic carbocycles. The fraction of sp³-hybridized carbons (Fsp3) is 0.444. The van der Waals surface area contributed by atoms with E-state index in [0.29, 0.717) is 31.1 Å². The van der Waals surface area contributed by atoms with E-state index in [1.807, 2.05) is 24.3 Å². The van der Waals surface area contributed by atoms with Crippen LogP contribution >= 0.6 is 0 Å². The molecule has 0 saturated carbocycles. The number of nitrogens with zero attached hydrogens (tertiary/aromatic N) is 2. The molecule has 0 aliphatic carbocycles. The van der Waals surface area contributed by atoms with Crippen LogP contribution in [0.2, 0.25) is 0 Å². The molecule has 3 aliphatic heterocycles. The van der Waals surface area contributed by atoms with Gasteiger partial charge in [-0.1, -0.05) is 18.2 Å². The maximum Gasteiger partial charge on any atom is 0.246 e. The largest absolute Gasteiger partial charge is 0.497 e. The van der Waals surface area contributed by atoms with E-state index in [1.54, 1.807) is 25.2 Å². The van der Waals surface area contributed by atoms with Gasteiger partial charge in [0.2, 0.25) is 11.8 Å². The standard InChI is InChI=1S/C18H22N2O5/c1-23-14-6-5-13(16(10-14)24-2)9-15-18(22)19-7-3-4-8-25-12-20(15)17(21)11-19/h3-6,10,15H,7-9,11-12H2,1-2H3/b4-3-. The Morgan fingerprint density at radius 2 is 2.04 bits per heavy atom. The number of carbonyl (C=O) groups excluding carboxylic acids is 2. The van der Waals surface area contributed by atoms with Crippen LogP contribution in [0.5, 0.6) is 11.5 Å². The van der Waals surface area contributed by atoms with Crippen molar-refractivity contribution in [2.24, 2.45) is 0 Å². The zero-order chi connectivity index (χ0) is 17.8. The van der Waals surface area contributed by atoms with E-state index >= 15 is 0 Å². The molecule has 134 valence electrons. The predicted molar refractivity (Wildman–Crippen MR) is 90.4 cm³/mol. The summed E-state index contributed by atoms with van der Waals surface area (Å²) in [4.78, 5) is 28.4. The SMILES string of the molecule is COc1ccc(CC2C(=O)N3C/C=C\COCN2C(=O)C3)c(OC)c1. The Morgan fingerprint density at radius 3 is 2.80 bits per heavy atom. The first-order chi connectivity index (χ1) is 12.1. The summed E-state index contributed by atoms with van der Waals surface area (Å²) in [6.45, 7) is 1.02. The van der Waals surface area contributed by atoms with Gasteiger partial charge in [-0.2, -0.15) is 0 Å². The Kier molecular flexibility index (Phi) is 5.23. The first-order valence-corrected chi connectivity index (χ1v) is 8.16. The third-order valence-corrected chi connectivity index (χ3v) is 4.46. The molecule has 2 bridgehead atoms. The topological polar surface area (TPSA) is 68.3 Å². The van der Waals surface area contributed by atoms with Crippen LogP contribution in [-0.2, 0) is 20.7 Å². The first-order valence-electron chi connectivity index (χ1n) is 8.16. The Morgan fingerprint density at radius 1 is 1.20 bits per heavy atom. The van der Waals surface area contributed by atoms with Crippen LogP contribution < -0.4 is 9.47 Å². The number of fused-ring (bicyclic) bond motifs is 6. The molecule has 25 heavy (non-hydrogen) atoms. The molecule has 2 amide bonds. The Hall–Kier alpha value is -2.54. The third kappa shape index (κ3) is 3.61.